The summed E-state index contributed by atoms with van der Waals surface area (Å²) in [6.45, 7) is 1.90. The highest BCUT2D eigenvalue weighted by Crippen LogP contribution is 2.27. The molecule has 3 nitrogen and oxygen atoms in total. The van der Waals surface area contributed by atoms with Gasteiger partial charge < -0.3 is 4.98 Å². The van der Waals surface area contributed by atoms with Crippen LogP contribution in [-0.2, 0) is 0 Å². The van der Waals surface area contributed by atoms with Crippen molar-refractivity contribution in [1.82, 2.24) is 9.97 Å². The molecule has 4 rings (SSSR count). The fourth-order valence-corrected chi connectivity index (χ4v) is 2.88. The summed E-state index contributed by atoms with van der Waals surface area (Å²) in [6.07, 6.45) is 3.36. The summed E-state index contributed by atoms with van der Waals surface area (Å²) in [5, 5.41) is 3.41. The van der Waals surface area contributed by atoms with Crippen LogP contribution in [-0.4, -0.2) is 15.8 Å². The van der Waals surface area contributed by atoms with Crippen LogP contribution in [0.3, 0.4) is 0 Å². The Morgan fingerprint density at radius 3 is 2.77 bits per heavy atom. The van der Waals surface area contributed by atoms with Gasteiger partial charge in [0.25, 0.3) is 0 Å². The maximum absolute atomic E-state index is 12.7. The predicted molar refractivity (Wildman–Crippen MR) is 88.2 cm³/mol. The molecule has 106 valence electrons. The van der Waals surface area contributed by atoms with Crippen molar-refractivity contribution in [2.45, 2.75) is 6.92 Å². The van der Waals surface area contributed by atoms with Gasteiger partial charge in [-0.1, -0.05) is 30.3 Å². The van der Waals surface area contributed by atoms with E-state index in [0.717, 1.165) is 21.9 Å². The summed E-state index contributed by atoms with van der Waals surface area (Å²) in [5.41, 5.74) is 3.16. The van der Waals surface area contributed by atoms with Crippen LogP contribution in [0.1, 0.15) is 21.6 Å². The Kier molecular flexibility index (Phi) is 2.79. The van der Waals surface area contributed by atoms with Crippen molar-refractivity contribution >= 4 is 27.5 Å². The van der Waals surface area contributed by atoms with Gasteiger partial charge in [0.1, 0.15) is 0 Å². The third kappa shape index (κ3) is 1.91. The van der Waals surface area contributed by atoms with Gasteiger partial charge in [-0.2, -0.15) is 0 Å². The number of aryl methyl sites for hydroxylation is 1. The van der Waals surface area contributed by atoms with Gasteiger partial charge in [-0.15, -0.1) is 0 Å². The molecule has 0 spiro atoms. The highest BCUT2D eigenvalue weighted by molar-refractivity contribution is 6.14. The van der Waals surface area contributed by atoms with Crippen molar-refractivity contribution in [2.75, 3.05) is 0 Å². The molecule has 0 saturated heterocycles. The number of H-pyrrole nitrogens is 1. The highest BCUT2D eigenvalue weighted by atomic mass is 16.1. The Balaban J connectivity index is 1.91. The summed E-state index contributed by atoms with van der Waals surface area (Å²) < 4.78 is 0. The van der Waals surface area contributed by atoms with E-state index in [1.54, 1.807) is 18.5 Å². The molecule has 2 aromatic carbocycles. The van der Waals surface area contributed by atoms with E-state index >= 15 is 0 Å². The third-order valence-corrected chi connectivity index (χ3v) is 4.04. The molecular weight excluding hydrogens is 272 g/mol. The summed E-state index contributed by atoms with van der Waals surface area (Å²) in [5.74, 6) is 0.000168. The molecule has 3 heteroatoms. The van der Waals surface area contributed by atoms with Gasteiger partial charge in [0.2, 0.25) is 5.78 Å². The molecule has 4 aromatic rings. The van der Waals surface area contributed by atoms with Crippen molar-refractivity contribution in [3.8, 4) is 0 Å². The third-order valence-electron chi connectivity index (χ3n) is 4.04. The minimum absolute atomic E-state index is 0.000168. The summed E-state index contributed by atoms with van der Waals surface area (Å²) >= 11 is 0. The van der Waals surface area contributed by atoms with Crippen molar-refractivity contribution < 1.29 is 4.79 Å². The average molecular weight is 286 g/mol. The van der Waals surface area contributed by atoms with Crippen molar-refractivity contribution in [2.24, 2.45) is 0 Å². The van der Waals surface area contributed by atoms with Crippen LogP contribution in [0, 0.1) is 6.92 Å². The van der Waals surface area contributed by atoms with Crippen LogP contribution in [0.15, 0.2) is 60.9 Å². The van der Waals surface area contributed by atoms with E-state index in [-0.39, 0.29) is 5.78 Å². The molecule has 0 aliphatic carbocycles. The quantitative estimate of drug-likeness (QED) is 0.560. The lowest BCUT2D eigenvalue weighted by Crippen LogP contribution is -2.04. The first-order valence-corrected chi connectivity index (χ1v) is 7.20. The number of ketones is 1. The lowest BCUT2D eigenvalue weighted by molar-refractivity contribution is 0.103. The molecule has 0 bridgehead atoms. The van der Waals surface area contributed by atoms with Crippen molar-refractivity contribution in [3.63, 3.8) is 0 Å². The molecule has 0 saturated carbocycles. The van der Waals surface area contributed by atoms with Crippen molar-refractivity contribution in [3.05, 3.63) is 77.7 Å². The summed E-state index contributed by atoms with van der Waals surface area (Å²) in [4.78, 5) is 20.0. The lowest BCUT2D eigenvalue weighted by atomic mass is 10.0. The maximum atomic E-state index is 12.7. The first-order valence-electron chi connectivity index (χ1n) is 7.20. The standard InChI is InChI=1S/C19H14N2O/c1-12-11-20-9-8-14(12)19(22)18-10-16-15-5-3-2-4-13(15)6-7-17(16)21-18/h2-11,21H,1H3. The molecule has 2 heterocycles. The van der Waals surface area contributed by atoms with Gasteiger partial charge in [-0.25, -0.2) is 0 Å². The predicted octanol–water partition coefficient (Wildman–Crippen LogP) is 4.26. The largest absolute Gasteiger partial charge is 0.352 e. The van der Waals surface area contributed by atoms with E-state index in [4.69, 9.17) is 0 Å². The number of carbonyl (C=O) groups is 1. The number of fused-ring (bicyclic) bond motifs is 3. The number of carbonyl (C=O) groups excluding carboxylic acids is 1. The highest BCUT2D eigenvalue weighted by Gasteiger charge is 2.15. The van der Waals surface area contributed by atoms with E-state index in [2.05, 4.69) is 28.2 Å². The molecule has 0 aliphatic heterocycles. The Morgan fingerprint density at radius 1 is 1.05 bits per heavy atom. The van der Waals surface area contributed by atoms with E-state index in [1.807, 2.05) is 31.2 Å². The van der Waals surface area contributed by atoms with Gasteiger partial charge in [-0.3, -0.25) is 9.78 Å². The van der Waals surface area contributed by atoms with Gasteiger partial charge >= 0.3 is 0 Å². The second kappa shape index (κ2) is 4.81. The number of pyridine rings is 1. The summed E-state index contributed by atoms with van der Waals surface area (Å²) in [6, 6.07) is 16.0. The molecule has 22 heavy (non-hydrogen) atoms. The van der Waals surface area contributed by atoms with E-state index < -0.39 is 0 Å². The molecule has 0 atom stereocenters. The molecule has 2 aromatic heterocycles. The fraction of sp³-hybridized carbons (Fsp3) is 0.0526. The number of aromatic amines is 1. The first kappa shape index (κ1) is 12.8. The van der Waals surface area contributed by atoms with Crippen LogP contribution in [0.2, 0.25) is 0 Å². The van der Waals surface area contributed by atoms with E-state index in [1.165, 1.54) is 5.39 Å². The lowest BCUT2D eigenvalue weighted by Gasteiger charge is -2.01. The van der Waals surface area contributed by atoms with Crippen LogP contribution < -0.4 is 0 Å². The smallest absolute Gasteiger partial charge is 0.209 e. The minimum Gasteiger partial charge on any atom is -0.352 e. The Morgan fingerprint density at radius 2 is 1.91 bits per heavy atom. The number of aromatic nitrogens is 2. The molecule has 1 N–H and O–H groups in total. The number of hydrogen-bond acceptors (Lipinski definition) is 2. The number of benzene rings is 2. The second-order valence-electron chi connectivity index (χ2n) is 5.45. The topological polar surface area (TPSA) is 45.8 Å². The molecule has 0 amide bonds. The van der Waals surface area contributed by atoms with Crippen LogP contribution in [0.4, 0.5) is 0 Å². The zero-order chi connectivity index (χ0) is 15.1. The van der Waals surface area contributed by atoms with Crippen LogP contribution >= 0.6 is 0 Å². The van der Waals surface area contributed by atoms with E-state index in [9.17, 15) is 4.79 Å². The van der Waals surface area contributed by atoms with Gasteiger partial charge in [0.05, 0.1) is 5.69 Å². The van der Waals surface area contributed by atoms with Crippen LogP contribution in [0.5, 0.6) is 0 Å². The Hall–Kier alpha value is -2.94. The zero-order valence-electron chi connectivity index (χ0n) is 12.1. The fourth-order valence-electron chi connectivity index (χ4n) is 2.88. The van der Waals surface area contributed by atoms with E-state index in [0.29, 0.717) is 11.3 Å². The number of rotatable bonds is 2. The Bertz CT molecular complexity index is 1010. The maximum Gasteiger partial charge on any atom is 0.209 e. The number of nitrogens with zero attached hydrogens (tertiary/aromatic N) is 1. The molecule has 0 aliphatic rings. The number of hydrogen-bond donors (Lipinski definition) is 1. The van der Waals surface area contributed by atoms with Gasteiger partial charge in [-0.05, 0) is 41.5 Å². The SMILES string of the molecule is Cc1cnccc1C(=O)c1cc2c(ccc3ccccc32)[nH]1. The zero-order valence-corrected chi connectivity index (χ0v) is 12.1. The van der Waals surface area contributed by atoms with Gasteiger partial charge in [0, 0.05) is 28.9 Å². The molecular formula is C19H14N2O. The average Bonchev–Trinajstić information content (AvgIpc) is 2.99. The second-order valence-corrected chi connectivity index (χ2v) is 5.45. The monoisotopic (exact) mass is 286 g/mol. The molecule has 0 radical (unpaired) electrons. The van der Waals surface area contributed by atoms with Crippen molar-refractivity contribution in [1.29, 1.82) is 0 Å². The molecule has 0 unspecified atom stereocenters. The minimum atomic E-state index is 0.000168. The normalized spacial score (nSPS) is 11.1. The van der Waals surface area contributed by atoms with Crippen LogP contribution in [0.25, 0.3) is 21.7 Å². The molecule has 0 fully saturated rings. The number of nitrogens with one attached hydrogen (secondary N) is 1. The first-order chi connectivity index (χ1) is 10.7. The Labute approximate surface area is 127 Å². The van der Waals surface area contributed by atoms with Gasteiger partial charge in [0.15, 0.2) is 0 Å². The summed E-state index contributed by atoms with van der Waals surface area (Å²) in [7, 11) is 0.